The van der Waals surface area contributed by atoms with E-state index in [0.717, 1.165) is 23.4 Å². The average Bonchev–Trinajstić information content (AvgIpc) is 2.19. The molecule has 1 aromatic rings. The molecular weight excluding hydrogens is 194 g/mol. The lowest BCUT2D eigenvalue weighted by molar-refractivity contribution is -0.254. The minimum Gasteiger partial charge on any atom is -0.325 e. The molecular formula is C15H26N+. The molecule has 0 aliphatic rings. The molecule has 0 heterocycles. The van der Waals surface area contributed by atoms with Crippen molar-refractivity contribution in [1.82, 2.24) is 0 Å². The molecule has 1 nitrogen and oxygen atoms in total. The molecule has 1 aromatic carbocycles. The van der Waals surface area contributed by atoms with Gasteiger partial charge in [0.25, 0.3) is 0 Å². The van der Waals surface area contributed by atoms with E-state index in [2.05, 4.69) is 57.7 Å². The van der Waals surface area contributed by atoms with Crippen LogP contribution in [0.25, 0.3) is 0 Å². The van der Waals surface area contributed by atoms with Crippen LogP contribution in [0.2, 0.25) is 0 Å². The normalized spacial score (nSPS) is 13.4. The Bertz CT molecular complexity index is 298. The molecule has 0 spiro atoms. The summed E-state index contributed by atoms with van der Waals surface area (Å²) in [7, 11) is 0. The first-order chi connectivity index (χ1) is 7.49. The number of quaternary nitrogens is 1. The summed E-state index contributed by atoms with van der Waals surface area (Å²) in [5.41, 5.74) is 6.48. The van der Waals surface area contributed by atoms with E-state index < -0.39 is 0 Å². The van der Waals surface area contributed by atoms with Crippen LogP contribution in [0.4, 0.5) is 5.69 Å². The zero-order chi connectivity index (χ0) is 12.1. The van der Waals surface area contributed by atoms with Crippen LogP contribution in [0.1, 0.15) is 39.7 Å². The zero-order valence-electron chi connectivity index (χ0n) is 11.2. The molecule has 0 saturated heterocycles. The Morgan fingerprint density at radius 3 is 2.00 bits per heavy atom. The third-order valence-corrected chi connectivity index (χ3v) is 3.24. The Balaban J connectivity index is 2.64. The van der Waals surface area contributed by atoms with E-state index in [9.17, 15) is 0 Å². The van der Waals surface area contributed by atoms with Gasteiger partial charge in [-0.1, -0.05) is 39.8 Å². The van der Waals surface area contributed by atoms with Crippen LogP contribution in [0, 0.1) is 17.8 Å². The number of benzene rings is 1. The van der Waals surface area contributed by atoms with Crippen LogP contribution >= 0.6 is 0 Å². The average molecular weight is 220 g/mol. The van der Waals surface area contributed by atoms with E-state index in [1.807, 2.05) is 0 Å². The van der Waals surface area contributed by atoms with Gasteiger partial charge in [-0.2, -0.15) is 0 Å². The lowest BCUT2D eigenvalue weighted by Gasteiger charge is -2.22. The van der Waals surface area contributed by atoms with E-state index in [-0.39, 0.29) is 0 Å². The van der Waals surface area contributed by atoms with Crippen molar-refractivity contribution < 1.29 is 5.73 Å². The van der Waals surface area contributed by atoms with Gasteiger partial charge in [0, 0.05) is 0 Å². The molecule has 1 rings (SSSR count). The van der Waals surface area contributed by atoms with Gasteiger partial charge in [-0.25, -0.2) is 0 Å². The van der Waals surface area contributed by atoms with Gasteiger partial charge in [-0.15, -0.1) is 0 Å². The fraction of sp³-hybridized carbons (Fsp3) is 0.600. The smallest absolute Gasteiger partial charge is 0.127 e. The predicted octanol–water partition coefficient (Wildman–Crippen LogP) is 3.42. The highest BCUT2D eigenvalue weighted by Crippen LogP contribution is 2.24. The number of hydrogen-bond donors (Lipinski definition) is 1. The van der Waals surface area contributed by atoms with E-state index >= 15 is 0 Å². The maximum Gasteiger partial charge on any atom is 0.127 e. The second-order valence-electron chi connectivity index (χ2n) is 5.65. The summed E-state index contributed by atoms with van der Waals surface area (Å²) in [6.45, 7) is 9.30. The summed E-state index contributed by atoms with van der Waals surface area (Å²) in [6, 6.07) is 8.67. The number of rotatable bonds is 5. The molecule has 0 fully saturated rings. The maximum atomic E-state index is 3.92. The molecule has 0 radical (unpaired) electrons. The Morgan fingerprint density at radius 2 is 1.56 bits per heavy atom. The Morgan fingerprint density at radius 1 is 1.00 bits per heavy atom. The molecule has 0 saturated carbocycles. The molecule has 90 valence electrons. The highest BCUT2D eigenvalue weighted by atomic mass is 14.5. The van der Waals surface area contributed by atoms with Crippen molar-refractivity contribution in [3.05, 3.63) is 29.8 Å². The Hall–Kier alpha value is -0.820. The topological polar surface area (TPSA) is 27.6 Å². The van der Waals surface area contributed by atoms with E-state index in [1.165, 1.54) is 18.4 Å². The SMILES string of the molecule is CC(C)CC(Cc1ccc([NH3+])cc1)C(C)C. The monoisotopic (exact) mass is 220 g/mol. The predicted molar refractivity (Wildman–Crippen MR) is 70.5 cm³/mol. The van der Waals surface area contributed by atoms with Gasteiger partial charge in [-0.05, 0) is 48.3 Å². The van der Waals surface area contributed by atoms with Crippen LogP contribution in [0.15, 0.2) is 24.3 Å². The molecule has 16 heavy (non-hydrogen) atoms. The fourth-order valence-corrected chi connectivity index (χ4v) is 2.17. The van der Waals surface area contributed by atoms with Crippen LogP contribution in [-0.2, 0) is 6.42 Å². The zero-order valence-corrected chi connectivity index (χ0v) is 11.2. The van der Waals surface area contributed by atoms with E-state index in [0.29, 0.717) is 0 Å². The maximum absolute atomic E-state index is 3.92. The van der Waals surface area contributed by atoms with Gasteiger partial charge in [0.1, 0.15) is 5.69 Å². The summed E-state index contributed by atoms with van der Waals surface area (Å²) in [5.74, 6) is 2.36. The third kappa shape index (κ3) is 4.36. The van der Waals surface area contributed by atoms with Crippen LogP contribution in [0.3, 0.4) is 0 Å². The first kappa shape index (κ1) is 13.2. The summed E-state index contributed by atoms with van der Waals surface area (Å²) >= 11 is 0. The number of hydrogen-bond acceptors (Lipinski definition) is 0. The van der Waals surface area contributed by atoms with Crippen molar-refractivity contribution >= 4 is 5.69 Å². The Kier molecular flexibility index (Phi) is 5.01. The molecule has 3 N–H and O–H groups in total. The van der Waals surface area contributed by atoms with Crippen molar-refractivity contribution in [3.63, 3.8) is 0 Å². The third-order valence-electron chi connectivity index (χ3n) is 3.24. The van der Waals surface area contributed by atoms with Crippen molar-refractivity contribution in [3.8, 4) is 0 Å². The molecule has 0 bridgehead atoms. The molecule has 1 heteroatoms. The molecule has 0 amide bonds. The van der Waals surface area contributed by atoms with Gasteiger partial charge < -0.3 is 5.73 Å². The summed E-state index contributed by atoms with van der Waals surface area (Å²) < 4.78 is 0. The highest BCUT2D eigenvalue weighted by molar-refractivity contribution is 5.31. The van der Waals surface area contributed by atoms with Gasteiger partial charge in [0.2, 0.25) is 0 Å². The van der Waals surface area contributed by atoms with Crippen LogP contribution < -0.4 is 5.73 Å². The second kappa shape index (κ2) is 6.05. The van der Waals surface area contributed by atoms with Crippen LogP contribution in [0.5, 0.6) is 0 Å². The fourth-order valence-electron chi connectivity index (χ4n) is 2.17. The Labute approximate surface area is 100 Å². The quantitative estimate of drug-likeness (QED) is 0.787. The minimum absolute atomic E-state index is 0.766. The van der Waals surface area contributed by atoms with Crippen molar-refractivity contribution in [2.24, 2.45) is 17.8 Å². The van der Waals surface area contributed by atoms with Gasteiger partial charge in [-0.3, -0.25) is 0 Å². The standard InChI is InChI=1S/C15H25N/c1-11(2)9-14(12(3)4)10-13-5-7-15(16)8-6-13/h5-8,11-12,14H,9-10,16H2,1-4H3/p+1. The van der Waals surface area contributed by atoms with Crippen LogP contribution in [-0.4, -0.2) is 0 Å². The van der Waals surface area contributed by atoms with E-state index in [1.54, 1.807) is 0 Å². The molecule has 0 aliphatic heterocycles. The first-order valence-corrected chi connectivity index (χ1v) is 6.40. The summed E-state index contributed by atoms with van der Waals surface area (Å²) in [5, 5.41) is 0. The largest absolute Gasteiger partial charge is 0.325 e. The highest BCUT2D eigenvalue weighted by Gasteiger charge is 2.15. The van der Waals surface area contributed by atoms with Crippen molar-refractivity contribution in [2.75, 3.05) is 0 Å². The molecule has 1 atom stereocenters. The summed E-state index contributed by atoms with van der Waals surface area (Å²) in [4.78, 5) is 0. The van der Waals surface area contributed by atoms with Crippen molar-refractivity contribution in [1.29, 1.82) is 0 Å². The lowest BCUT2D eigenvalue weighted by atomic mass is 9.83. The minimum atomic E-state index is 0.766. The second-order valence-corrected chi connectivity index (χ2v) is 5.65. The molecule has 0 aliphatic carbocycles. The van der Waals surface area contributed by atoms with Gasteiger partial charge in [0.15, 0.2) is 0 Å². The van der Waals surface area contributed by atoms with Gasteiger partial charge in [0.05, 0.1) is 0 Å². The van der Waals surface area contributed by atoms with Crippen molar-refractivity contribution in [2.45, 2.75) is 40.5 Å². The van der Waals surface area contributed by atoms with E-state index in [4.69, 9.17) is 0 Å². The van der Waals surface area contributed by atoms with Gasteiger partial charge >= 0.3 is 0 Å². The lowest BCUT2D eigenvalue weighted by Crippen LogP contribution is -2.39. The molecule has 1 unspecified atom stereocenters. The summed E-state index contributed by atoms with van der Waals surface area (Å²) in [6.07, 6.45) is 2.53. The molecule has 0 aromatic heterocycles. The first-order valence-electron chi connectivity index (χ1n) is 6.40.